The molecule has 0 atom stereocenters. The molecule has 3 aromatic heterocycles. The number of para-hydroxylation sites is 1. The number of pyridine rings is 3. The summed E-state index contributed by atoms with van der Waals surface area (Å²) in [7, 11) is 1.28. The van der Waals surface area contributed by atoms with E-state index in [9.17, 15) is 72.7 Å². The monoisotopic (exact) mass is 1270 g/mol. The van der Waals surface area contributed by atoms with Gasteiger partial charge in [-0.05, 0) is 133 Å². The number of amides is 3. The first-order valence-electron chi connectivity index (χ1n) is 25.6. The fourth-order valence-corrected chi connectivity index (χ4v) is 7.48. The predicted octanol–water partition coefficient (Wildman–Crippen LogP) is 14.9. The van der Waals surface area contributed by atoms with Crippen LogP contribution in [0.4, 0.5) is 61.0 Å². The highest BCUT2D eigenvalue weighted by atomic mass is 19.4. The molecule has 91 heavy (non-hydrogen) atoms. The smallest absolute Gasteiger partial charge is 0.416 e. The first-order chi connectivity index (χ1) is 42.9. The maximum atomic E-state index is 13.9. The molecule has 0 spiro atoms. The number of anilines is 3. The SMILES string of the molecule is COc1cc(F)ccc1Oc1cc(C(C)(F)F)ccc1C(=O)Nc1ccc(C(=O)O)nc1.O=C(O)c1ccc(NC(=O)c2cc(C(F)(F)F)ccc2Oc2ccc(F)cc2)cn1.O=C(O)c1ccc(NC(=O)c2cc(C(F)(F)F)ccc2Oc2ccccc2)cn1. The lowest BCUT2D eigenvalue weighted by Crippen LogP contribution is -2.15. The van der Waals surface area contributed by atoms with Crippen LogP contribution in [0.5, 0.6) is 40.2 Å². The van der Waals surface area contributed by atoms with Gasteiger partial charge in [0.2, 0.25) is 0 Å². The number of carboxylic acid groups (broad SMARTS) is 3. The Bertz CT molecular complexity index is 4120. The number of aromatic carboxylic acids is 3. The molecule has 29 heteroatoms. The van der Waals surface area contributed by atoms with Gasteiger partial charge in [-0.25, -0.2) is 46.9 Å². The van der Waals surface area contributed by atoms with E-state index >= 15 is 0 Å². The molecule has 9 aromatic rings. The van der Waals surface area contributed by atoms with E-state index in [0.29, 0.717) is 24.8 Å². The summed E-state index contributed by atoms with van der Waals surface area (Å²) in [5, 5.41) is 33.8. The minimum absolute atomic E-state index is 0.00141. The van der Waals surface area contributed by atoms with E-state index in [-0.39, 0.29) is 79.8 Å². The Hall–Kier alpha value is -11.9. The average Bonchev–Trinajstić information content (AvgIpc) is 1.12. The summed E-state index contributed by atoms with van der Waals surface area (Å²) in [5.41, 5.74) is -3.74. The lowest BCUT2D eigenvalue weighted by molar-refractivity contribution is -0.138. The number of carbonyl (C=O) groups is 6. The van der Waals surface area contributed by atoms with Crippen LogP contribution in [-0.4, -0.2) is 73.0 Å². The van der Waals surface area contributed by atoms with Crippen molar-refractivity contribution in [1.29, 1.82) is 0 Å². The molecule has 19 nitrogen and oxygen atoms in total. The van der Waals surface area contributed by atoms with Gasteiger partial charge in [0.1, 0.15) is 57.5 Å². The second-order valence-electron chi connectivity index (χ2n) is 18.5. The fraction of sp³-hybridized carbons (Fsp3) is 0.0806. The highest BCUT2D eigenvalue weighted by Gasteiger charge is 2.34. The zero-order valence-corrected chi connectivity index (χ0v) is 46.4. The molecule has 3 heterocycles. The largest absolute Gasteiger partial charge is 0.493 e. The Labute approximate surface area is 506 Å². The van der Waals surface area contributed by atoms with Crippen LogP contribution in [0.3, 0.4) is 0 Å². The number of benzene rings is 6. The minimum Gasteiger partial charge on any atom is -0.493 e. The first-order valence-corrected chi connectivity index (χ1v) is 25.6. The van der Waals surface area contributed by atoms with Crippen LogP contribution in [0.2, 0.25) is 0 Å². The molecule has 3 amide bonds. The van der Waals surface area contributed by atoms with Crippen molar-refractivity contribution in [2.75, 3.05) is 23.1 Å². The number of ether oxygens (including phenoxy) is 4. The Morgan fingerprint density at radius 3 is 1.18 bits per heavy atom. The third-order valence-electron chi connectivity index (χ3n) is 11.9. The molecule has 0 saturated carbocycles. The maximum Gasteiger partial charge on any atom is 0.416 e. The highest BCUT2D eigenvalue weighted by Crippen LogP contribution is 2.39. The van der Waals surface area contributed by atoms with Crippen molar-refractivity contribution < 1.29 is 107 Å². The van der Waals surface area contributed by atoms with Crippen molar-refractivity contribution in [3.05, 3.63) is 244 Å². The predicted molar refractivity (Wildman–Crippen MR) is 302 cm³/mol. The van der Waals surface area contributed by atoms with Gasteiger partial charge in [0.25, 0.3) is 23.6 Å². The topological polar surface area (TPSA) is 275 Å². The summed E-state index contributed by atoms with van der Waals surface area (Å²) in [6.07, 6.45) is -6.07. The highest BCUT2D eigenvalue weighted by molar-refractivity contribution is 6.08. The van der Waals surface area contributed by atoms with Crippen molar-refractivity contribution >= 4 is 52.7 Å². The molecule has 0 fully saturated rings. The van der Waals surface area contributed by atoms with Crippen LogP contribution in [0.1, 0.15) is 86.2 Å². The molecule has 0 saturated heterocycles. The number of nitrogens with one attached hydrogen (secondary N) is 3. The summed E-state index contributed by atoms with van der Waals surface area (Å²) in [4.78, 5) is 81.6. The van der Waals surface area contributed by atoms with E-state index in [0.717, 1.165) is 97.5 Å². The summed E-state index contributed by atoms with van der Waals surface area (Å²) in [6, 6.07) is 31.8. The molecule has 6 N–H and O–H groups in total. The van der Waals surface area contributed by atoms with E-state index in [1.807, 2.05) is 0 Å². The number of halogens is 10. The molecule has 0 aliphatic heterocycles. The molecule has 0 aliphatic carbocycles. The summed E-state index contributed by atoms with van der Waals surface area (Å²) in [6.45, 7) is 0.694. The number of nitrogens with zero attached hydrogens (tertiary/aromatic N) is 3. The maximum absolute atomic E-state index is 13.9. The van der Waals surface area contributed by atoms with Crippen molar-refractivity contribution in [2.45, 2.75) is 25.2 Å². The number of alkyl halides is 8. The van der Waals surface area contributed by atoms with Gasteiger partial charge in [-0.1, -0.05) is 24.3 Å². The average molecular weight is 1270 g/mol. The van der Waals surface area contributed by atoms with E-state index in [4.69, 9.17) is 34.3 Å². The Morgan fingerprint density at radius 1 is 0.396 bits per heavy atom. The number of carboxylic acids is 3. The van der Waals surface area contributed by atoms with Crippen LogP contribution in [0.15, 0.2) is 182 Å². The number of aromatic nitrogens is 3. The molecule has 0 bridgehead atoms. The summed E-state index contributed by atoms with van der Waals surface area (Å²) < 4.78 is 155. The molecule has 6 aromatic carbocycles. The van der Waals surface area contributed by atoms with Crippen molar-refractivity contribution in [2.24, 2.45) is 0 Å². The van der Waals surface area contributed by atoms with Crippen molar-refractivity contribution in [3.8, 4) is 40.2 Å². The van der Waals surface area contributed by atoms with Crippen LogP contribution >= 0.6 is 0 Å². The number of methoxy groups -OCH3 is 1. The minimum atomic E-state index is -4.70. The van der Waals surface area contributed by atoms with E-state index in [2.05, 4.69) is 30.9 Å². The van der Waals surface area contributed by atoms with Gasteiger partial charge in [0, 0.05) is 18.6 Å². The molecule has 0 aliphatic rings. The zero-order chi connectivity index (χ0) is 66.4. The number of rotatable bonds is 17. The second-order valence-corrected chi connectivity index (χ2v) is 18.5. The molecular formula is C62H42F10N6O13. The third-order valence-corrected chi connectivity index (χ3v) is 11.9. The Balaban J connectivity index is 0.000000194. The first kappa shape index (κ1) is 66.6. The normalized spacial score (nSPS) is 11.0. The molecular weight excluding hydrogens is 1230 g/mol. The van der Waals surface area contributed by atoms with E-state index in [1.54, 1.807) is 30.3 Å². The third kappa shape index (κ3) is 18.6. The standard InChI is InChI=1S/C22H17F3N2O5.C20H12F4N2O4.C20H13F3N2O4/c1-22(24,25)12-3-6-15(20(28)27-14-5-7-16(21(29)30)26-11-14)18(9-12)32-17-8-4-13(23)10-19(17)31-2;21-12-2-5-14(6-3-12)30-17-8-1-11(20(22,23)24)9-15(17)18(27)26-13-4-7-16(19(28)29)25-10-13;21-20(22,23)12-6-9-17(29-14-4-2-1-3-5-14)15(10-12)18(26)25-13-7-8-16(19(27)28)24-11-13/h3-11H,1-2H3,(H,27,28)(H,29,30);1-10H,(H,26,27)(H,28,29);1-11H,(H,25,26)(H,27,28). The van der Waals surface area contributed by atoms with E-state index < -0.39 is 87.8 Å². The Morgan fingerprint density at radius 2 is 0.791 bits per heavy atom. The van der Waals surface area contributed by atoms with Crippen LogP contribution in [0, 0.1) is 11.6 Å². The van der Waals surface area contributed by atoms with Gasteiger partial charge in [-0.3, -0.25) is 14.4 Å². The lowest BCUT2D eigenvalue weighted by atomic mass is 10.1. The second kappa shape index (κ2) is 28.7. The fourth-order valence-electron chi connectivity index (χ4n) is 7.48. The number of hydrogen-bond acceptors (Lipinski definition) is 13. The molecule has 468 valence electrons. The molecule has 0 radical (unpaired) electrons. The van der Waals surface area contributed by atoms with E-state index in [1.165, 1.54) is 49.6 Å². The zero-order valence-electron chi connectivity index (χ0n) is 46.4. The van der Waals surface area contributed by atoms with Crippen molar-refractivity contribution in [1.82, 2.24) is 15.0 Å². The van der Waals surface area contributed by atoms with Crippen LogP contribution in [0.25, 0.3) is 0 Å². The number of carbonyl (C=O) groups excluding carboxylic acids is 3. The van der Waals surface area contributed by atoms with Gasteiger partial charge in [-0.15, -0.1) is 0 Å². The summed E-state index contributed by atoms with van der Waals surface area (Å²) >= 11 is 0. The summed E-state index contributed by atoms with van der Waals surface area (Å²) in [5.74, 6) is -10.7. The van der Waals surface area contributed by atoms with Gasteiger partial charge in [0.15, 0.2) is 11.5 Å². The Kier molecular flexibility index (Phi) is 21.0. The lowest BCUT2D eigenvalue weighted by Gasteiger charge is -2.17. The molecule has 9 rings (SSSR count). The van der Waals surface area contributed by atoms with Gasteiger partial charge >= 0.3 is 30.3 Å². The van der Waals surface area contributed by atoms with Crippen LogP contribution in [-0.2, 0) is 18.3 Å². The molecule has 0 unspecified atom stereocenters. The quantitative estimate of drug-likeness (QED) is 0.0462. The van der Waals surface area contributed by atoms with Crippen molar-refractivity contribution in [3.63, 3.8) is 0 Å². The van der Waals surface area contributed by atoms with Crippen LogP contribution < -0.4 is 34.9 Å². The van der Waals surface area contributed by atoms with Gasteiger partial charge in [-0.2, -0.15) is 26.3 Å². The number of hydrogen-bond donors (Lipinski definition) is 6. The van der Waals surface area contributed by atoms with Gasteiger partial charge < -0.3 is 50.2 Å². The van der Waals surface area contributed by atoms with Gasteiger partial charge in [0.05, 0.1) is 70.6 Å².